The minimum absolute atomic E-state index is 0.0279. The minimum atomic E-state index is -0.626. The number of benzene rings is 2. The van der Waals surface area contributed by atoms with Gasteiger partial charge in [-0.15, -0.1) is 0 Å². The Morgan fingerprint density at radius 2 is 1.77 bits per heavy atom. The van der Waals surface area contributed by atoms with E-state index in [1.165, 1.54) is 0 Å². The van der Waals surface area contributed by atoms with Crippen molar-refractivity contribution in [3.05, 3.63) is 69.2 Å². The Morgan fingerprint density at radius 3 is 2.42 bits per heavy atom. The molecule has 2 aromatic carbocycles. The Hall–Kier alpha value is -3.39. The van der Waals surface area contributed by atoms with Crippen molar-refractivity contribution in [1.82, 2.24) is 9.97 Å². The summed E-state index contributed by atoms with van der Waals surface area (Å²) in [6, 6.07) is 14.3. The number of halogens is 1. The predicted molar refractivity (Wildman–Crippen MR) is 102 cm³/mol. The highest BCUT2D eigenvalue weighted by Gasteiger charge is 2.23. The lowest BCUT2D eigenvalue weighted by Crippen LogP contribution is -2.08. The molecular weight excluding hydrogens is 356 g/mol. The third-order valence-corrected chi connectivity index (χ3v) is 3.69. The summed E-state index contributed by atoms with van der Waals surface area (Å²) < 4.78 is 0. The summed E-state index contributed by atoms with van der Waals surface area (Å²) in [5, 5.41) is 17.7. The lowest BCUT2D eigenvalue weighted by atomic mass is 10.2. The summed E-state index contributed by atoms with van der Waals surface area (Å²) >= 11 is 5.95. The summed E-state index contributed by atoms with van der Waals surface area (Å²) in [7, 11) is 0. The van der Waals surface area contributed by atoms with Gasteiger partial charge in [-0.1, -0.05) is 29.8 Å². The quantitative estimate of drug-likeness (QED) is 0.449. The number of hydrogen-bond donors (Lipinski definition) is 3. The van der Waals surface area contributed by atoms with Crippen LogP contribution in [0.3, 0.4) is 0 Å². The van der Waals surface area contributed by atoms with Gasteiger partial charge in [-0.3, -0.25) is 10.1 Å². The second-order valence-corrected chi connectivity index (χ2v) is 5.95. The second kappa shape index (κ2) is 7.24. The van der Waals surface area contributed by atoms with E-state index in [0.29, 0.717) is 10.7 Å². The highest BCUT2D eigenvalue weighted by molar-refractivity contribution is 6.30. The molecule has 0 aliphatic carbocycles. The molecule has 3 rings (SSSR count). The molecule has 4 N–H and O–H groups in total. The van der Waals surface area contributed by atoms with Crippen LogP contribution in [0.2, 0.25) is 5.02 Å². The Labute approximate surface area is 154 Å². The van der Waals surface area contributed by atoms with Crippen molar-refractivity contribution in [3.8, 4) is 0 Å². The van der Waals surface area contributed by atoms with E-state index in [9.17, 15) is 10.1 Å². The fraction of sp³-hybridized carbons (Fsp3) is 0.0588. The highest BCUT2D eigenvalue weighted by atomic mass is 35.5. The molecule has 26 heavy (non-hydrogen) atoms. The van der Waals surface area contributed by atoms with Crippen LogP contribution in [0.15, 0.2) is 48.5 Å². The number of anilines is 5. The first kappa shape index (κ1) is 17.4. The first-order valence-electron chi connectivity index (χ1n) is 7.60. The maximum atomic E-state index is 11.4. The average Bonchev–Trinajstić information content (AvgIpc) is 2.54. The fourth-order valence-corrected chi connectivity index (χ4v) is 2.54. The van der Waals surface area contributed by atoms with Gasteiger partial charge >= 0.3 is 5.69 Å². The zero-order valence-electron chi connectivity index (χ0n) is 13.7. The van der Waals surface area contributed by atoms with Crippen molar-refractivity contribution in [3.63, 3.8) is 0 Å². The normalized spacial score (nSPS) is 10.4. The first-order valence-corrected chi connectivity index (χ1v) is 7.98. The Morgan fingerprint density at radius 1 is 1.08 bits per heavy atom. The molecule has 0 amide bonds. The number of nitrogens with zero attached hydrogens (tertiary/aromatic N) is 3. The zero-order valence-corrected chi connectivity index (χ0v) is 14.5. The number of hydrogen-bond acceptors (Lipinski definition) is 7. The molecular formula is C17H15ClN6O2. The van der Waals surface area contributed by atoms with Gasteiger partial charge in [-0.25, -0.2) is 0 Å². The molecule has 0 spiro atoms. The van der Waals surface area contributed by atoms with Crippen molar-refractivity contribution in [2.45, 2.75) is 6.92 Å². The number of rotatable bonds is 5. The van der Waals surface area contributed by atoms with Gasteiger partial charge in [0.25, 0.3) is 0 Å². The summed E-state index contributed by atoms with van der Waals surface area (Å²) in [5.41, 5.74) is 7.72. The Kier molecular flexibility index (Phi) is 4.85. The van der Waals surface area contributed by atoms with E-state index in [2.05, 4.69) is 20.6 Å². The van der Waals surface area contributed by atoms with E-state index in [0.717, 1.165) is 11.3 Å². The van der Waals surface area contributed by atoms with E-state index in [4.69, 9.17) is 17.3 Å². The molecule has 0 radical (unpaired) electrons. The number of nitro groups is 1. The third kappa shape index (κ3) is 3.98. The lowest BCUT2D eigenvalue weighted by Gasteiger charge is -2.11. The van der Waals surface area contributed by atoms with Gasteiger partial charge in [0.05, 0.1) is 4.92 Å². The molecule has 0 bridgehead atoms. The van der Waals surface area contributed by atoms with Gasteiger partial charge in [0.15, 0.2) is 0 Å². The van der Waals surface area contributed by atoms with Crippen LogP contribution in [0.1, 0.15) is 5.56 Å². The number of nitrogen functional groups attached to an aromatic ring is 1. The Bertz CT molecular complexity index is 979. The maximum absolute atomic E-state index is 11.4. The third-order valence-electron chi connectivity index (χ3n) is 3.46. The lowest BCUT2D eigenvalue weighted by molar-refractivity contribution is -0.383. The molecule has 0 saturated heterocycles. The van der Waals surface area contributed by atoms with Gasteiger partial charge < -0.3 is 16.4 Å². The molecule has 0 aliphatic heterocycles. The number of nitrogens with two attached hydrogens (primary N) is 1. The van der Waals surface area contributed by atoms with Gasteiger partial charge in [0.2, 0.25) is 17.6 Å². The average molecular weight is 371 g/mol. The van der Waals surface area contributed by atoms with Gasteiger partial charge in [0, 0.05) is 16.4 Å². The van der Waals surface area contributed by atoms with Crippen LogP contribution < -0.4 is 16.4 Å². The van der Waals surface area contributed by atoms with Crippen LogP contribution in [0.25, 0.3) is 0 Å². The van der Waals surface area contributed by atoms with Crippen LogP contribution >= 0.6 is 11.6 Å². The van der Waals surface area contributed by atoms with Gasteiger partial charge in [0.1, 0.15) is 0 Å². The van der Waals surface area contributed by atoms with Crippen LogP contribution in [0.4, 0.5) is 34.6 Å². The molecule has 8 nitrogen and oxygen atoms in total. The van der Waals surface area contributed by atoms with Crippen molar-refractivity contribution < 1.29 is 4.92 Å². The number of aryl methyl sites for hydroxylation is 1. The van der Waals surface area contributed by atoms with E-state index < -0.39 is 10.6 Å². The van der Waals surface area contributed by atoms with Gasteiger partial charge in [-0.05, 0) is 42.8 Å². The largest absolute Gasteiger partial charge is 0.378 e. The van der Waals surface area contributed by atoms with Crippen LogP contribution in [0.5, 0.6) is 0 Å². The number of nitrogens with one attached hydrogen (secondary N) is 2. The molecule has 0 unspecified atom stereocenters. The molecule has 1 aromatic heterocycles. The van der Waals surface area contributed by atoms with E-state index in [1.54, 1.807) is 24.3 Å². The topological polar surface area (TPSA) is 119 Å². The van der Waals surface area contributed by atoms with E-state index >= 15 is 0 Å². The molecule has 0 aliphatic rings. The van der Waals surface area contributed by atoms with Crippen molar-refractivity contribution >= 4 is 46.2 Å². The van der Waals surface area contributed by atoms with Crippen molar-refractivity contribution in [1.29, 1.82) is 0 Å². The Balaban J connectivity index is 2.00. The summed E-state index contributed by atoms with van der Waals surface area (Å²) in [5.74, 6) is -0.132. The SMILES string of the molecule is Cc1cccc(Nc2nc(N)c([N+](=O)[O-])c(Nc3cccc(Cl)c3)n2)c1. The zero-order chi connectivity index (χ0) is 18.7. The molecule has 3 aromatic rings. The summed E-state index contributed by atoms with van der Waals surface area (Å²) in [6.07, 6.45) is 0. The van der Waals surface area contributed by atoms with Crippen LogP contribution in [-0.2, 0) is 0 Å². The molecule has 1 heterocycles. The summed E-state index contributed by atoms with van der Waals surface area (Å²) in [6.45, 7) is 1.95. The van der Waals surface area contributed by atoms with Gasteiger partial charge in [-0.2, -0.15) is 9.97 Å². The smallest absolute Gasteiger partial charge is 0.353 e. The number of aromatic nitrogens is 2. The standard InChI is InChI=1S/C17H15ClN6O2/c1-10-4-2-6-12(8-10)21-17-22-15(19)14(24(25)26)16(23-17)20-13-7-3-5-11(18)9-13/h2-9H,1H3,(H4,19,20,21,22,23). The van der Waals surface area contributed by atoms with Crippen molar-refractivity contribution in [2.75, 3.05) is 16.4 Å². The molecule has 0 saturated carbocycles. The summed E-state index contributed by atoms with van der Waals surface area (Å²) in [4.78, 5) is 18.9. The molecule has 0 fully saturated rings. The van der Waals surface area contributed by atoms with Crippen LogP contribution in [0, 0.1) is 17.0 Å². The highest BCUT2D eigenvalue weighted by Crippen LogP contribution is 2.32. The first-order chi connectivity index (χ1) is 12.4. The fourth-order valence-electron chi connectivity index (χ4n) is 2.35. The monoisotopic (exact) mass is 370 g/mol. The minimum Gasteiger partial charge on any atom is -0.378 e. The van der Waals surface area contributed by atoms with E-state index in [-0.39, 0.29) is 17.6 Å². The molecule has 0 atom stereocenters. The maximum Gasteiger partial charge on any atom is 0.353 e. The van der Waals surface area contributed by atoms with Crippen molar-refractivity contribution in [2.24, 2.45) is 0 Å². The van der Waals surface area contributed by atoms with Crippen LogP contribution in [-0.4, -0.2) is 14.9 Å². The second-order valence-electron chi connectivity index (χ2n) is 5.52. The predicted octanol–water partition coefficient (Wildman–Crippen LogP) is 4.42. The van der Waals surface area contributed by atoms with E-state index in [1.807, 2.05) is 31.2 Å². The molecule has 132 valence electrons. The molecule has 9 heteroatoms.